The minimum atomic E-state index is -1.24. The van der Waals surface area contributed by atoms with E-state index in [1.165, 1.54) is 6.08 Å². The maximum absolute atomic E-state index is 10.9. The van der Waals surface area contributed by atoms with Crippen molar-refractivity contribution in [2.75, 3.05) is 6.54 Å². The molecule has 1 aromatic heterocycles. The molecule has 6 nitrogen and oxygen atoms in total. The predicted molar refractivity (Wildman–Crippen MR) is 58.4 cm³/mol. The highest BCUT2D eigenvalue weighted by Gasteiger charge is 2.34. The molecule has 88 valence electrons. The lowest BCUT2D eigenvalue weighted by molar-refractivity contribution is -0.140. The van der Waals surface area contributed by atoms with E-state index in [0.29, 0.717) is 5.57 Å². The third-order valence-electron chi connectivity index (χ3n) is 2.59. The Morgan fingerprint density at radius 2 is 1.94 bits per heavy atom. The Labute approximate surface area is 96.8 Å². The van der Waals surface area contributed by atoms with Crippen LogP contribution in [0.3, 0.4) is 0 Å². The number of pyridine rings is 1. The molecule has 0 bridgehead atoms. The van der Waals surface area contributed by atoms with Crippen LogP contribution in [0.15, 0.2) is 30.6 Å². The number of nitrogens with zero attached hydrogens (tertiary/aromatic N) is 2. The van der Waals surface area contributed by atoms with Crippen LogP contribution in [0.4, 0.5) is 4.79 Å². The third kappa shape index (κ3) is 2.10. The highest BCUT2D eigenvalue weighted by atomic mass is 16.4. The number of amides is 1. The zero-order valence-corrected chi connectivity index (χ0v) is 8.78. The summed E-state index contributed by atoms with van der Waals surface area (Å²) in [6.07, 6.45) is 3.37. The van der Waals surface area contributed by atoms with E-state index in [4.69, 9.17) is 10.2 Å². The van der Waals surface area contributed by atoms with Gasteiger partial charge in [0.25, 0.3) is 0 Å². The van der Waals surface area contributed by atoms with E-state index >= 15 is 0 Å². The second-order valence-electron chi connectivity index (χ2n) is 3.62. The lowest BCUT2D eigenvalue weighted by Gasteiger charge is -2.17. The van der Waals surface area contributed by atoms with Crippen molar-refractivity contribution in [1.82, 2.24) is 9.88 Å². The summed E-state index contributed by atoms with van der Waals surface area (Å²) in [7, 11) is 0. The standard InChI is InChI=1S/C11H10N2O4/c14-10(15)9-5-8(6-13(9)11(16)17)7-1-3-12-4-2-7/h1-5,9H,6H2,(H,14,15)(H,16,17). The molecule has 1 aromatic rings. The first kappa shape index (κ1) is 11.1. The van der Waals surface area contributed by atoms with Gasteiger partial charge in [-0.15, -0.1) is 0 Å². The second kappa shape index (κ2) is 4.25. The molecule has 0 fully saturated rings. The molecule has 0 saturated heterocycles. The highest BCUT2D eigenvalue weighted by molar-refractivity contribution is 5.88. The van der Waals surface area contributed by atoms with E-state index in [2.05, 4.69) is 4.98 Å². The van der Waals surface area contributed by atoms with Crippen LogP contribution in [0.2, 0.25) is 0 Å². The largest absolute Gasteiger partial charge is 0.479 e. The zero-order valence-electron chi connectivity index (χ0n) is 8.78. The predicted octanol–water partition coefficient (Wildman–Crippen LogP) is 0.912. The number of hydrogen-bond acceptors (Lipinski definition) is 3. The fourth-order valence-corrected chi connectivity index (χ4v) is 1.76. The van der Waals surface area contributed by atoms with Crippen LogP contribution >= 0.6 is 0 Å². The van der Waals surface area contributed by atoms with Crippen LogP contribution in [0, 0.1) is 0 Å². The fraction of sp³-hybridized carbons (Fsp3) is 0.182. The van der Waals surface area contributed by atoms with E-state index in [1.807, 2.05) is 0 Å². The van der Waals surface area contributed by atoms with Gasteiger partial charge in [-0.2, -0.15) is 0 Å². The fourth-order valence-electron chi connectivity index (χ4n) is 1.76. The topological polar surface area (TPSA) is 90.7 Å². The average molecular weight is 234 g/mol. The number of carboxylic acid groups (broad SMARTS) is 2. The second-order valence-corrected chi connectivity index (χ2v) is 3.62. The van der Waals surface area contributed by atoms with Crippen LogP contribution in [0.25, 0.3) is 5.57 Å². The summed E-state index contributed by atoms with van der Waals surface area (Å²) in [5.74, 6) is -1.17. The molecule has 6 heteroatoms. The van der Waals surface area contributed by atoms with E-state index in [-0.39, 0.29) is 6.54 Å². The third-order valence-corrected chi connectivity index (χ3v) is 2.59. The van der Waals surface area contributed by atoms with Crippen molar-refractivity contribution in [2.45, 2.75) is 6.04 Å². The van der Waals surface area contributed by atoms with Crippen LogP contribution in [0.5, 0.6) is 0 Å². The number of aliphatic carboxylic acids is 1. The lowest BCUT2D eigenvalue weighted by Crippen LogP contribution is -2.40. The van der Waals surface area contributed by atoms with E-state index < -0.39 is 18.1 Å². The number of aromatic nitrogens is 1. The minimum absolute atomic E-state index is 0.0797. The Bertz CT molecular complexity index is 484. The van der Waals surface area contributed by atoms with Gasteiger partial charge in [-0.05, 0) is 29.3 Å². The van der Waals surface area contributed by atoms with E-state index in [0.717, 1.165) is 10.5 Å². The number of rotatable bonds is 2. The van der Waals surface area contributed by atoms with Gasteiger partial charge in [-0.3, -0.25) is 9.88 Å². The summed E-state index contributed by atoms with van der Waals surface area (Å²) < 4.78 is 0. The van der Waals surface area contributed by atoms with Gasteiger partial charge in [0, 0.05) is 12.4 Å². The van der Waals surface area contributed by atoms with Gasteiger partial charge in [0.1, 0.15) is 0 Å². The molecule has 0 saturated carbocycles. The maximum Gasteiger partial charge on any atom is 0.408 e. The Morgan fingerprint density at radius 1 is 1.29 bits per heavy atom. The van der Waals surface area contributed by atoms with Gasteiger partial charge in [-0.25, -0.2) is 9.59 Å². The van der Waals surface area contributed by atoms with Crippen LogP contribution < -0.4 is 0 Å². The smallest absolute Gasteiger partial charge is 0.408 e. The number of hydrogen-bond donors (Lipinski definition) is 2. The first-order valence-corrected chi connectivity index (χ1v) is 4.93. The molecule has 0 aromatic carbocycles. The van der Waals surface area contributed by atoms with Crippen molar-refractivity contribution in [3.63, 3.8) is 0 Å². The Hall–Kier alpha value is -2.37. The van der Waals surface area contributed by atoms with Gasteiger partial charge in [0.15, 0.2) is 6.04 Å². The first-order valence-electron chi connectivity index (χ1n) is 4.93. The summed E-state index contributed by atoms with van der Waals surface area (Å²) >= 11 is 0. The Kier molecular flexibility index (Phi) is 2.78. The van der Waals surface area contributed by atoms with Crippen molar-refractivity contribution in [3.8, 4) is 0 Å². The molecule has 0 spiro atoms. The molecule has 1 amide bonds. The van der Waals surface area contributed by atoms with Crippen molar-refractivity contribution in [1.29, 1.82) is 0 Å². The highest BCUT2D eigenvalue weighted by Crippen LogP contribution is 2.24. The molecular formula is C11H10N2O4. The monoisotopic (exact) mass is 234 g/mol. The Balaban J connectivity index is 2.31. The summed E-state index contributed by atoms with van der Waals surface area (Å²) in [5.41, 5.74) is 1.47. The van der Waals surface area contributed by atoms with Crippen molar-refractivity contribution >= 4 is 17.6 Å². The van der Waals surface area contributed by atoms with Crippen molar-refractivity contribution < 1.29 is 19.8 Å². The molecule has 1 unspecified atom stereocenters. The van der Waals surface area contributed by atoms with Gasteiger partial charge in [0.2, 0.25) is 0 Å². The summed E-state index contributed by atoms with van der Waals surface area (Å²) in [4.78, 5) is 26.6. The van der Waals surface area contributed by atoms with Crippen molar-refractivity contribution in [3.05, 3.63) is 36.2 Å². The molecule has 17 heavy (non-hydrogen) atoms. The average Bonchev–Trinajstić information content (AvgIpc) is 2.75. The van der Waals surface area contributed by atoms with E-state index in [1.54, 1.807) is 24.5 Å². The number of carbonyl (C=O) groups is 2. The molecule has 2 heterocycles. The van der Waals surface area contributed by atoms with Gasteiger partial charge in [-0.1, -0.05) is 0 Å². The van der Waals surface area contributed by atoms with Crippen LogP contribution in [-0.2, 0) is 4.79 Å². The first-order chi connectivity index (χ1) is 8.09. The van der Waals surface area contributed by atoms with Crippen molar-refractivity contribution in [2.24, 2.45) is 0 Å². The van der Waals surface area contributed by atoms with Crippen LogP contribution in [0.1, 0.15) is 5.56 Å². The zero-order chi connectivity index (χ0) is 12.4. The summed E-state index contributed by atoms with van der Waals surface area (Å²) in [6.45, 7) is 0.0797. The summed E-state index contributed by atoms with van der Waals surface area (Å²) in [6, 6.07) is 2.32. The van der Waals surface area contributed by atoms with E-state index in [9.17, 15) is 9.59 Å². The SMILES string of the molecule is O=C(O)C1C=C(c2ccncc2)CN1C(=O)O. The number of carboxylic acids is 1. The molecule has 2 rings (SSSR count). The maximum atomic E-state index is 10.9. The molecule has 1 aliphatic heterocycles. The van der Waals surface area contributed by atoms with Gasteiger partial charge < -0.3 is 10.2 Å². The van der Waals surface area contributed by atoms with Crippen LogP contribution in [-0.4, -0.2) is 44.7 Å². The molecule has 0 radical (unpaired) electrons. The quantitative estimate of drug-likeness (QED) is 0.793. The normalized spacial score (nSPS) is 18.9. The minimum Gasteiger partial charge on any atom is -0.479 e. The Morgan fingerprint density at radius 3 is 2.41 bits per heavy atom. The van der Waals surface area contributed by atoms with Gasteiger partial charge >= 0.3 is 12.1 Å². The molecule has 1 atom stereocenters. The van der Waals surface area contributed by atoms with Gasteiger partial charge in [0.05, 0.1) is 6.54 Å². The molecular weight excluding hydrogens is 224 g/mol. The molecule has 1 aliphatic rings. The molecule has 0 aliphatic carbocycles. The molecule has 2 N–H and O–H groups in total. The lowest BCUT2D eigenvalue weighted by atomic mass is 10.1. The summed E-state index contributed by atoms with van der Waals surface area (Å²) in [5, 5.41) is 17.8.